The van der Waals surface area contributed by atoms with Crippen LogP contribution >= 0.6 is 0 Å². The largest absolute Gasteiger partial charge is 0.493 e. The summed E-state index contributed by atoms with van der Waals surface area (Å²) in [5.41, 5.74) is 4.34. The van der Waals surface area contributed by atoms with Crippen LogP contribution in [-0.4, -0.2) is 36.3 Å². The molecule has 1 fully saturated rings. The Balaban J connectivity index is 1.12. The van der Waals surface area contributed by atoms with Gasteiger partial charge >= 0.3 is 0 Å². The maximum atomic E-state index is 13.4. The summed E-state index contributed by atoms with van der Waals surface area (Å²) in [6.45, 7) is 4.14. The molecule has 5 heteroatoms. The van der Waals surface area contributed by atoms with E-state index in [0.717, 1.165) is 75.2 Å². The highest BCUT2D eigenvalue weighted by atomic mass is 19.1. The van der Waals surface area contributed by atoms with Crippen molar-refractivity contribution in [2.45, 2.75) is 44.4 Å². The lowest BCUT2D eigenvalue weighted by molar-refractivity contribution is 0.207. The predicted molar refractivity (Wildman–Crippen MR) is 111 cm³/mol. The van der Waals surface area contributed by atoms with Crippen LogP contribution in [0, 0.1) is 5.82 Å². The molecule has 5 rings (SSSR count). The molecule has 152 valence electrons. The van der Waals surface area contributed by atoms with Crippen molar-refractivity contribution >= 4 is 11.0 Å². The number of benzene rings is 2. The van der Waals surface area contributed by atoms with Gasteiger partial charge in [-0.3, -0.25) is 0 Å². The number of nitrogens with zero attached hydrogens (tertiary/aromatic N) is 2. The maximum absolute atomic E-state index is 13.4. The monoisotopic (exact) mass is 394 g/mol. The fourth-order valence-corrected chi connectivity index (χ4v) is 4.73. The molecular weight excluding hydrogens is 367 g/mol. The zero-order valence-electron chi connectivity index (χ0n) is 16.7. The van der Waals surface area contributed by atoms with Gasteiger partial charge in [-0.1, -0.05) is 17.3 Å². The van der Waals surface area contributed by atoms with Crippen LogP contribution in [0.5, 0.6) is 5.75 Å². The van der Waals surface area contributed by atoms with Crippen LogP contribution in [0.3, 0.4) is 0 Å². The lowest BCUT2D eigenvalue weighted by Gasteiger charge is -2.31. The SMILES string of the molecule is Fc1ccc2c(C3CCN(CCCc4ccc5c(c4)CCCO5)CC3)noc2c1. The van der Waals surface area contributed by atoms with Gasteiger partial charge in [0.25, 0.3) is 0 Å². The van der Waals surface area contributed by atoms with Crippen molar-refractivity contribution in [3.8, 4) is 5.75 Å². The minimum Gasteiger partial charge on any atom is -0.493 e. The van der Waals surface area contributed by atoms with E-state index in [1.807, 2.05) is 0 Å². The molecule has 0 spiro atoms. The van der Waals surface area contributed by atoms with E-state index in [0.29, 0.717) is 11.5 Å². The van der Waals surface area contributed by atoms with Gasteiger partial charge in [-0.15, -0.1) is 0 Å². The molecule has 2 aromatic carbocycles. The highest BCUT2D eigenvalue weighted by Crippen LogP contribution is 2.33. The highest BCUT2D eigenvalue weighted by Gasteiger charge is 2.25. The zero-order valence-corrected chi connectivity index (χ0v) is 16.7. The Morgan fingerprint density at radius 3 is 2.90 bits per heavy atom. The summed E-state index contributed by atoms with van der Waals surface area (Å²) < 4.78 is 24.4. The molecule has 2 aliphatic heterocycles. The molecule has 1 aromatic heterocycles. The second-order valence-corrected chi connectivity index (χ2v) is 8.32. The van der Waals surface area contributed by atoms with Crippen LogP contribution in [0.1, 0.15) is 48.4 Å². The van der Waals surface area contributed by atoms with Gasteiger partial charge in [0, 0.05) is 17.4 Å². The topological polar surface area (TPSA) is 38.5 Å². The van der Waals surface area contributed by atoms with E-state index in [2.05, 4.69) is 28.3 Å². The minimum atomic E-state index is -0.276. The molecule has 4 nitrogen and oxygen atoms in total. The molecule has 29 heavy (non-hydrogen) atoms. The van der Waals surface area contributed by atoms with Crippen molar-refractivity contribution < 1.29 is 13.7 Å². The second-order valence-electron chi connectivity index (χ2n) is 8.32. The van der Waals surface area contributed by atoms with Gasteiger partial charge in [-0.05, 0) is 87.5 Å². The number of rotatable bonds is 5. The molecule has 0 saturated carbocycles. The van der Waals surface area contributed by atoms with Crippen molar-refractivity contribution in [2.24, 2.45) is 0 Å². The van der Waals surface area contributed by atoms with Crippen molar-refractivity contribution in [3.63, 3.8) is 0 Å². The van der Waals surface area contributed by atoms with Crippen LogP contribution in [-0.2, 0) is 12.8 Å². The van der Waals surface area contributed by atoms with E-state index < -0.39 is 0 Å². The fraction of sp³-hybridized carbons (Fsp3) is 0.458. The lowest BCUT2D eigenvalue weighted by atomic mass is 9.91. The normalized spacial score (nSPS) is 18.0. The van der Waals surface area contributed by atoms with Gasteiger partial charge in [-0.2, -0.15) is 0 Å². The molecular formula is C24H27FN2O2. The predicted octanol–water partition coefficient (Wildman–Crippen LogP) is 5.10. The molecule has 3 heterocycles. The first-order valence-corrected chi connectivity index (χ1v) is 10.8. The number of halogens is 1. The number of likely N-dealkylation sites (tertiary alicyclic amines) is 1. The van der Waals surface area contributed by atoms with Gasteiger partial charge < -0.3 is 14.2 Å². The Hall–Kier alpha value is -2.40. The molecule has 0 N–H and O–H groups in total. The highest BCUT2D eigenvalue weighted by molar-refractivity contribution is 5.79. The number of aryl methyl sites for hydroxylation is 2. The third kappa shape index (κ3) is 4.01. The first-order chi connectivity index (χ1) is 14.3. The van der Waals surface area contributed by atoms with Gasteiger partial charge in [0.15, 0.2) is 5.58 Å². The van der Waals surface area contributed by atoms with E-state index in [1.165, 1.54) is 29.7 Å². The number of ether oxygens (including phenoxy) is 1. The van der Waals surface area contributed by atoms with E-state index in [4.69, 9.17) is 9.26 Å². The molecule has 0 amide bonds. The standard InChI is InChI=1S/C24H27FN2O2/c25-20-6-7-21-23(16-20)29-26-24(21)18-9-12-27(13-10-18)11-1-3-17-5-8-22-19(15-17)4-2-14-28-22/h5-8,15-16,18H,1-4,9-14H2. The van der Waals surface area contributed by atoms with E-state index in [-0.39, 0.29) is 5.82 Å². The van der Waals surface area contributed by atoms with Crippen LogP contribution < -0.4 is 4.74 Å². The van der Waals surface area contributed by atoms with Gasteiger partial charge in [0.1, 0.15) is 11.6 Å². The summed E-state index contributed by atoms with van der Waals surface area (Å²) in [7, 11) is 0. The summed E-state index contributed by atoms with van der Waals surface area (Å²) >= 11 is 0. The van der Waals surface area contributed by atoms with Gasteiger partial charge in [0.2, 0.25) is 0 Å². The Morgan fingerprint density at radius 2 is 2.00 bits per heavy atom. The summed E-state index contributed by atoms with van der Waals surface area (Å²) in [4.78, 5) is 2.56. The summed E-state index contributed by atoms with van der Waals surface area (Å²) in [6, 6.07) is 11.4. The van der Waals surface area contributed by atoms with Crippen LogP contribution in [0.2, 0.25) is 0 Å². The maximum Gasteiger partial charge on any atom is 0.170 e. The van der Waals surface area contributed by atoms with E-state index in [9.17, 15) is 4.39 Å². The Kier molecular flexibility index (Phi) is 5.23. The zero-order chi connectivity index (χ0) is 19.6. The van der Waals surface area contributed by atoms with E-state index in [1.54, 1.807) is 6.07 Å². The average Bonchev–Trinajstić information content (AvgIpc) is 3.17. The molecule has 1 saturated heterocycles. The van der Waals surface area contributed by atoms with Gasteiger partial charge in [-0.25, -0.2) is 4.39 Å². The number of hydrogen-bond donors (Lipinski definition) is 0. The van der Waals surface area contributed by atoms with Crippen molar-refractivity contribution in [2.75, 3.05) is 26.2 Å². The Labute approximate surface area is 170 Å². The fourth-order valence-electron chi connectivity index (χ4n) is 4.73. The molecule has 0 atom stereocenters. The first-order valence-electron chi connectivity index (χ1n) is 10.8. The molecule has 3 aromatic rings. The van der Waals surface area contributed by atoms with Crippen LogP contribution in [0.4, 0.5) is 4.39 Å². The molecule has 0 aliphatic carbocycles. The van der Waals surface area contributed by atoms with Crippen LogP contribution in [0.25, 0.3) is 11.0 Å². The number of aromatic nitrogens is 1. The minimum absolute atomic E-state index is 0.276. The third-order valence-electron chi connectivity index (χ3n) is 6.35. The summed E-state index contributed by atoms with van der Waals surface area (Å²) in [5, 5.41) is 5.21. The third-order valence-corrected chi connectivity index (χ3v) is 6.35. The van der Waals surface area contributed by atoms with Crippen molar-refractivity contribution in [1.29, 1.82) is 0 Å². The first kappa shape index (κ1) is 18.6. The number of hydrogen-bond acceptors (Lipinski definition) is 4. The molecule has 0 radical (unpaired) electrons. The lowest BCUT2D eigenvalue weighted by Crippen LogP contribution is -2.34. The average molecular weight is 394 g/mol. The number of fused-ring (bicyclic) bond motifs is 2. The Morgan fingerprint density at radius 1 is 1.10 bits per heavy atom. The van der Waals surface area contributed by atoms with E-state index >= 15 is 0 Å². The van der Waals surface area contributed by atoms with Crippen LogP contribution in [0.15, 0.2) is 40.9 Å². The second kappa shape index (κ2) is 8.15. The molecule has 0 bridgehead atoms. The smallest absolute Gasteiger partial charge is 0.170 e. The molecule has 0 unspecified atom stereocenters. The number of piperidine rings is 1. The van der Waals surface area contributed by atoms with Crippen molar-refractivity contribution in [3.05, 3.63) is 59.0 Å². The van der Waals surface area contributed by atoms with Crippen molar-refractivity contribution in [1.82, 2.24) is 10.1 Å². The molecule has 2 aliphatic rings. The quantitative estimate of drug-likeness (QED) is 0.603. The summed E-state index contributed by atoms with van der Waals surface area (Å²) in [5.74, 6) is 1.20. The Bertz CT molecular complexity index is 992. The summed E-state index contributed by atoms with van der Waals surface area (Å²) in [6.07, 6.45) is 6.72. The van der Waals surface area contributed by atoms with Gasteiger partial charge in [0.05, 0.1) is 12.3 Å².